The largest absolute Gasteiger partial charge is 0.497 e. The van der Waals surface area contributed by atoms with Crippen LogP contribution in [0.5, 0.6) is 11.5 Å². The lowest BCUT2D eigenvalue weighted by molar-refractivity contribution is 0.340. The Morgan fingerprint density at radius 3 is 2.45 bits per heavy atom. The van der Waals surface area contributed by atoms with Gasteiger partial charge in [0.25, 0.3) is 0 Å². The normalized spacial score (nSPS) is 10.2. The summed E-state index contributed by atoms with van der Waals surface area (Å²) in [5.74, 6) is 1.52. The second kappa shape index (κ2) is 6.52. The lowest BCUT2D eigenvalue weighted by atomic mass is 10.2. The van der Waals surface area contributed by atoms with Gasteiger partial charge in [0.15, 0.2) is 0 Å². The van der Waals surface area contributed by atoms with E-state index in [-0.39, 0.29) is 0 Å². The first-order valence-electron chi connectivity index (χ1n) is 6.25. The van der Waals surface area contributed by atoms with E-state index in [9.17, 15) is 0 Å². The first kappa shape index (κ1) is 14.5. The minimum Gasteiger partial charge on any atom is -0.497 e. The van der Waals surface area contributed by atoms with E-state index in [0.29, 0.717) is 12.3 Å². The van der Waals surface area contributed by atoms with Gasteiger partial charge < -0.3 is 20.5 Å². The summed E-state index contributed by atoms with van der Waals surface area (Å²) in [5, 5.41) is 3.29. The molecular weight excluding hydrogens is 320 g/mol. The van der Waals surface area contributed by atoms with Gasteiger partial charge >= 0.3 is 0 Å². The molecule has 0 amide bonds. The van der Waals surface area contributed by atoms with Gasteiger partial charge in [-0.05, 0) is 25.1 Å². The molecule has 2 aromatic carbocycles. The van der Waals surface area contributed by atoms with Crippen molar-refractivity contribution >= 4 is 33.0 Å². The summed E-state index contributed by atoms with van der Waals surface area (Å²) >= 11 is 3.45. The fourth-order valence-electron chi connectivity index (χ4n) is 1.86. The van der Waals surface area contributed by atoms with Crippen molar-refractivity contribution in [2.24, 2.45) is 0 Å². The molecule has 0 atom stereocenters. The van der Waals surface area contributed by atoms with Crippen molar-refractivity contribution in [3.63, 3.8) is 0 Å². The third kappa shape index (κ3) is 3.81. The van der Waals surface area contributed by atoms with Gasteiger partial charge in [0, 0.05) is 39.7 Å². The second-order valence-corrected chi connectivity index (χ2v) is 5.14. The van der Waals surface area contributed by atoms with E-state index in [1.165, 1.54) is 0 Å². The number of hydrogen-bond donors (Lipinski definition) is 2. The maximum absolute atomic E-state index is 5.88. The molecule has 0 aliphatic rings. The minimum absolute atomic E-state index is 0.605. The molecule has 0 saturated carbocycles. The van der Waals surface area contributed by atoms with Crippen LogP contribution in [-0.4, -0.2) is 13.7 Å². The molecule has 0 unspecified atom stereocenters. The van der Waals surface area contributed by atoms with Gasteiger partial charge in [-0.25, -0.2) is 0 Å². The molecule has 0 aliphatic heterocycles. The number of benzene rings is 2. The Bertz CT molecular complexity index is 602. The van der Waals surface area contributed by atoms with Crippen molar-refractivity contribution in [1.82, 2.24) is 0 Å². The Morgan fingerprint density at radius 1 is 1.05 bits per heavy atom. The number of rotatable bonds is 5. The molecule has 0 fully saturated rings. The van der Waals surface area contributed by atoms with Crippen LogP contribution in [0.1, 0.15) is 6.92 Å². The van der Waals surface area contributed by atoms with Crippen molar-refractivity contribution in [2.45, 2.75) is 6.92 Å². The van der Waals surface area contributed by atoms with Crippen molar-refractivity contribution in [1.29, 1.82) is 0 Å². The Labute approximate surface area is 127 Å². The van der Waals surface area contributed by atoms with Gasteiger partial charge in [0.05, 0.1) is 13.7 Å². The van der Waals surface area contributed by atoms with Crippen molar-refractivity contribution in [2.75, 3.05) is 24.8 Å². The molecule has 2 rings (SSSR count). The standard InChI is InChI=1S/C15H17BrN2O2/c1-3-20-15-7-11(17)6-13(9-15)18-12-4-10(16)5-14(8-12)19-2/h4-9,18H,3,17H2,1-2H3. The lowest BCUT2D eigenvalue weighted by Gasteiger charge is -2.12. The van der Waals surface area contributed by atoms with Crippen LogP contribution < -0.4 is 20.5 Å². The molecule has 2 aromatic rings. The number of ether oxygens (including phenoxy) is 2. The van der Waals surface area contributed by atoms with Crippen molar-refractivity contribution in [3.8, 4) is 11.5 Å². The van der Waals surface area contributed by atoms with E-state index in [1.807, 2.05) is 37.3 Å². The number of nitrogen functional groups attached to an aromatic ring is 1. The fourth-order valence-corrected chi connectivity index (χ4v) is 2.34. The van der Waals surface area contributed by atoms with Crippen LogP contribution in [0.4, 0.5) is 17.1 Å². The predicted molar refractivity (Wildman–Crippen MR) is 86.0 cm³/mol. The van der Waals surface area contributed by atoms with Crippen LogP contribution in [-0.2, 0) is 0 Å². The molecule has 0 spiro atoms. The average molecular weight is 337 g/mol. The summed E-state index contributed by atoms with van der Waals surface area (Å²) in [6.07, 6.45) is 0. The monoisotopic (exact) mass is 336 g/mol. The van der Waals surface area contributed by atoms with Crippen LogP contribution in [0, 0.1) is 0 Å². The Kier molecular flexibility index (Phi) is 4.74. The van der Waals surface area contributed by atoms with Gasteiger partial charge in [-0.3, -0.25) is 0 Å². The molecule has 0 aromatic heterocycles. The third-order valence-electron chi connectivity index (χ3n) is 2.64. The molecule has 4 nitrogen and oxygen atoms in total. The van der Waals surface area contributed by atoms with E-state index in [0.717, 1.165) is 27.3 Å². The zero-order valence-electron chi connectivity index (χ0n) is 11.4. The Balaban J connectivity index is 2.27. The molecule has 0 saturated heterocycles. The number of halogens is 1. The number of nitrogens with two attached hydrogens (primary N) is 1. The number of nitrogens with one attached hydrogen (secondary N) is 1. The quantitative estimate of drug-likeness (QED) is 0.804. The highest BCUT2D eigenvalue weighted by molar-refractivity contribution is 9.10. The zero-order chi connectivity index (χ0) is 14.5. The minimum atomic E-state index is 0.605. The molecule has 3 N–H and O–H groups in total. The Hall–Kier alpha value is -1.88. The molecular formula is C15H17BrN2O2. The number of hydrogen-bond acceptors (Lipinski definition) is 4. The van der Waals surface area contributed by atoms with Crippen molar-refractivity contribution in [3.05, 3.63) is 40.9 Å². The molecule has 0 aliphatic carbocycles. The van der Waals surface area contributed by atoms with Crippen LogP contribution >= 0.6 is 15.9 Å². The molecule has 20 heavy (non-hydrogen) atoms. The Morgan fingerprint density at radius 2 is 1.75 bits per heavy atom. The summed E-state index contributed by atoms with van der Waals surface area (Å²) in [4.78, 5) is 0. The van der Waals surface area contributed by atoms with Gasteiger partial charge in [0.2, 0.25) is 0 Å². The fraction of sp³-hybridized carbons (Fsp3) is 0.200. The first-order valence-corrected chi connectivity index (χ1v) is 7.05. The average Bonchev–Trinajstić information content (AvgIpc) is 2.37. The highest BCUT2D eigenvalue weighted by Crippen LogP contribution is 2.29. The molecule has 0 heterocycles. The SMILES string of the molecule is CCOc1cc(N)cc(Nc2cc(Br)cc(OC)c2)c1. The first-order chi connectivity index (χ1) is 9.60. The van der Waals surface area contributed by atoms with Crippen LogP contribution in [0.15, 0.2) is 40.9 Å². The van der Waals surface area contributed by atoms with E-state index in [4.69, 9.17) is 15.2 Å². The van der Waals surface area contributed by atoms with E-state index >= 15 is 0 Å². The maximum Gasteiger partial charge on any atom is 0.123 e. The van der Waals surface area contributed by atoms with Gasteiger partial charge in [0.1, 0.15) is 11.5 Å². The van der Waals surface area contributed by atoms with Gasteiger partial charge in [-0.1, -0.05) is 15.9 Å². The zero-order valence-corrected chi connectivity index (χ0v) is 13.0. The number of anilines is 3. The molecule has 106 valence electrons. The lowest BCUT2D eigenvalue weighted by Crippen LogP contribution is -1.97. The predicted octanol–water partition coefficient (Wildman–Crippen LogP) is 4.18. The summed E-state index contributed by atoms with van der Waals surface area (Å²) in [7, 11) is 1.64. The summed E-state index contributed by atoms with van der Waals surface area (Å²) in [6, 6.07) is 11.3. The maximum atomic E-state index is 5.88. The van der Waals surface area contributed by atoms with Gasteiger partial charge in [-0.15, -0.1) is 0 Å². The smallest absolute Gasteiger partial charge is 0.123 e. The summed E-state index contributed by atoms with van der Waals surface area (Å²) in [5.41, 5.74) is 8.30. The van der Waals surface area contributed by atoms with E-state index in [2.05, 4.69) is 21.2 Å². The molecule has 5 heteroatoms. The summed E-state index contributed by atoms with van der Waals surface area (Å²) in [6.45, 7) is 2.54. The highest BCUT2D eigenvalue weighted by Gasteiger charge is 2.03. The summed E-state index contributed by atoms with van der Waals surface area (Å²) < 4.78 is 11.7. The van der Waals surface area contributed by atoms with Gasteiger partial charge in [-0.2, -0.15) is 0 Å². The van der Waals surface area contributed by atoms with Crippen LogP contribution in [0.25, 0.3) is 0 Å². The highest BCUT2D eigenvalue weighted by atomic mass is 79.9. The topological polar surface area (TPSA) is 56.5 Å². The van der Waals surface area contributed by atoms with Crippen molar-refractivity contribution < 1.29 is 9.47 Å². The van der Waals surface area contributed by atoms with E-state index < -0.39 is 0 Å². The third-order valence-corrected chi connectivity index (χ3v) is 3.09. The molecule has 0 bridgehead atoms. The molecule has 0 radical (unpaired) electrons. The van der Waals surface area contributed by atoms with Crippen LogP contribution in [0.3, 0.4) is 0 Å². The second-order valence-electron chi connectivity index (χ2n) is 4.23. The number of methoxy groups -OCH3 is 1. The van der Waals surface area contributed by atoms with E-state index in [1.54, 1.807) is 13.2 Å². The van der Waals surface area contributed by atoms with Crippen LogP contribution in [0.2, 0.25) is 0 Å².